The largest absolute Gasteiger partial charge is 0.497 e. The molecule has 0 fully saturated rings. The van der Waals surface area contributed by atoms with Crippen molar-refractivity contribution in [3.05, 3.63) is 84.4 Å². The maximum atomic E-state index is 12.6. The fourth-order valence-electron chi connectivity index (χ4n) is 2.84. The van der Waals surface area contributed by atoms with Crippen molar-refractivity contribution in [2.45, 2.75) is 0 Å². The van der Waals surface area contributed by atoms with Gasteiger partial charge in [-0.15, -0.1) is 0 Å². The highest BCUT2D eigenvalue weighted by molar-refractivity contribution is 5.99. The summed E-state index contributed by atoms with van der Waals surface area (Å²) in [5.74, 6) is 0.172. The van der Waals surface area contributed by atoms with Crippen LogP contribution in [-0.4, -0.2) is 37.4 Å². The number of ether oxygens (including phenoxy) is 1. The summed E-state index contributed by atoms with van der Waals surface area (Å²) in [7, 11) is 3.18. The maximum absolute atomic E-state index is 12.6. The highest BCUT2D eigenvalue weighted by Gasteiger charge is 2.15. The molecule has 0 unspecified atom stereocenters. The number of amides is 2. The fraction of sp³-hybridized carbons (Fsp3) is 0.130. The lowest BCUT2D eigenvalue weighted by Gasteiger charge is -2.17. The molecule has 142 valence electrons. The minimum Gasteiger partial charge on any atom is -0.497 e. The molecule has 0 saturated carbocycles. The van der Waals surface area contributed by atoms with Gasteiger partial charge in [0.15, 0.2) is 0 Å². The van der Waals surface area contributed by atoms with Crippen LogP contribution in [0, 0.1) is 0 Å². The van der Waals surface area contributed by atoms with Gasteiger partial charge in [-0.3, -0.25) is 9.59 Å². The molecule has 5 heteroatoms. The van der Waals surface area contributed by atoms with E-state index < -0.39 is 0 Å². The summed E-state index contributed by atoms with van der Waals surface area (Å²) in [6.45, 7) is -0.0452. The van der Waals surface area contributed by atoms with E-state index in [2.05, 4.69) is 5.32 Å². The normalized spacial score (nSPS) is 10.2. The molecule has 0 atom stereocenters. The average molecular weight is 374 g/mol. The predicted molar refractivity (Wildman–Crippen MR) is 110 cm³/mol. The molecular weight excluding hydrogens is 352 g/mol. The van der Waals surface area contributed by atoms with Gasteiger partial charge in [-0.05, 0) is 35.4 Å². The van der Waals surface area contributed by atoms with Gasteiger partial charge in [0.05, 0.1) is 13.7 Å². The highest BCUT2D eigenvalue weighted by Crippen LogP contribution is 2.20. The van der Waals surface area contributed by atoms with Crippen molar-refractivity contribution in [2.75, 3.05) is 26.0 Å². The second-order valence-electron chi connectivity index (χ2n) is 6.38. The summed E-state index contributed by atoms with van der Waals surface area (Å²) in [5.41, 5.74) is 3.29. The van der Waals surface area contributed by atoms with Crippen LogP contribution in [0.1, 0.15) is 10.4 Å². The Labute approximate surface area is 164 Å². The molecular formula is C23H22N2O3. The molecule has 0 aromatic heterocycles. The molecule has 3 rings (SSSR count). The first kappa shape index (κ1) is 19.2. The molecule has 0 radical (unpaired) electrons. The molecule has 0 aliphatic heterocycles. The number of methoxy groups -OCH3 is 1. The van der Waals surface area contributed by atoms with Crippen molar-refractivity contribution in [3.8, 4) is 16.9 Å². The quantitative estimate of drug-likeness (QED) is 0.707. The zero-order valence-electron chi connectivity index (χ0n) is 15.9. The molecule has 5 nitrogen and oxygen atoms in total. The topological polar surface area (TPSA) is 58.6 Å². The number of nitrogens with one attached hydrogen (secondary N) is 1. The number of hydrogen-bond acceptors (Lipinski definition) is 3. The maximum Gasteiger partial charge on any atom is 0.254 e. The molecule has 0 aliphatic carbocycles. The van der Waals surface area contributed by atoms with E-state index in [4.69, 9.17) is 4.74 Å². The van der Waals surface area contributed by atoms with Crippen LogP contribution in [0.15, 0.2) is 78.9 Å². The fourth-order valence-corrected chi connectivity index (χ4v) is 2.84. The molecule has 0 saturated heterocycles. The van der Waals surface area contributed by atoms with Crippen LogP contribution in [0.2, 0.25) is 0 Å². The lowest BCUT2D eigenvalue weighted by molar-refractivity contribution is -0.116. The highest BCUT2D eigenvalue weighted by atomic mass is 16.5. The minimum atomic E-state index is -0.273. The Morgan fingerprint density at radius 3 is 2.25 bits per heavy atom. The number of nitrogens with zero attached hydrogens (tertiary/aromatic N) is 1. The van der Waals surface area contributed by atoms with Gasteiger partial charge in [-0.1, -0.05) is 48.5 Å². The number of benzene rings is 3. The van der Waals surface area contributed by atoms with E-state index in [9.17, 15) is 9.59 Å². The molecule has 0 spiro atoms. The Balaban J connectivity index is 1.61. The summed E-state index contributed by atoms with van der Waals surface area (Å²) in [6.07, 6.45) is 0. The zero-order chi connectivity index (χ0) is 19.9. The van der Waals surface area contributed by atoms with E-state index in [1.165, 1.54) is 4.90 Å². The number of anilines is 1. The van der Waals surface area contributed by atoms with Gasteiger partial charge in [0.2, 0.25) is 5.91 Å². The smallest absolute Gasteiger partial charge is 0.254 e. The SMILES string of the molecule is COc1cccc(NC(=O)CN(C)C(=O)c2ccc(-c3ccccc3)cc2)c1. The number of hydrogen-bond donors (Lipinski definition) is 1. The van der Waals surface area contributed by atoms with Gasteiger partial charge in [0.1, 0.15) is 5.75 Å². The first-order chi connectivity index (χ1) is 13.6. The third kappa shape index (κ3) is 4.76. The van der Waals surface area contributed by atoms with Gasteiger partial charge in [-0.2, -0.15) is 0 Å². The van der Waals surface area contributed by atoms with E-state index in [0.717, 1.165) is 11.1 Å². The second-order valence-corrected chi connectivity index (χ2v) is 6.38. The van der Waals surface area contributed by atoms with Crippen molar-refractivity contribution >= 4 is 17.5 Å². The molecule has 0 bridgehead atoms. The second kappa shape index (κ2) is 8.86. The van der Waals surface area contributed by atoms with Gasteiger partial charge >= 0.3 is 0 Å². The summed E-state index contributed by atoms with van der Waals surface area (Å²) >= 11 is 0. The third-order valence-corrected chi connectivity index (χ3v) is 4.32. The average Bonchev–Trinajstić information content (AvgIpc) is 2.74. The van der Waals surface area contributed by atoms with E-state index in [1.807, 2.05) is 42.5 Å². The molecule has 3 aromatic rings. The van der Waals surface area contributed by atoms with E-state index in [1.54, 1.807) is 50.6 Å². The van der Waals surface area contributed by atoms with Crippen molar-refractivity contribution in [3.63, 3.8) is 0 Å². The molecule has 1 N–H and O–H groups in total. The van der Waals surface area contributed by atoms with Crippen molar-refractivity contribution in [1.29, 1.82) is 0 Å². The number of carbonyl (C=O) groups is 2. The van der Waals surface area contributed by atoms with E-state index in [-0.39, 0.29) is 18.4 Å². The molecule has 0 heterocycles. The Kier molecular flexibility index (Phi) is 6.07. The molecule has 3 aromatic carbocycles. The first-order valence-corrected chi connectivity index (χ1v) is 8.91. The van der Waals surface area contributed by atoms with Crippen LogP contribution in [0.4, 0.5) is 5.69 Å². The molecule has 2 amide bonds. The van der Waals surface area contributed by atoms with Gasteiger partial charge in [0, 0.05) is 24.4 Å². The summed E-state index contributed by atoms with van der Waals surface area (Å²) in [5, 5.41) is 2.77. The summed E-state index contributed by atoms with van der Waals surface area (Å²) in [6, 6.07) is 24.4. The molecule has 0 aliphatic rings. The molecule has 28 heavy (non-hydrogen) atoms. The number of rotatable bonds is 6. The van der Waals surface area contributed by atoms with Crippen LogP contribution in [0.5, 0.6) is 5.75 Å². The summed E-state index contributed by atoms with van der Waals surface area (Å²) < 4.78 is 5.14. The zero-order valence-corrected chi connectivity index (χ0v) is 15.9. The van der Waals surface area contributed by atoms with Crippen LogP contribution < -0.4 is 10.1 Å². The number of likely N-dealkylation sites (N-methyl/N-ethyl adjacent to an activating group) is 1. The lowest BCUT2D eigenvalue weighted by Crippen LogP contribution is -2.34. The van der Waals surface area contributed by atoms with E-state index >= 15 is 0 Å². The monoisotopic (exact) mass is 374 g/mol. The van der Waals surface area contributed by atoms with Gasteiger partial charge in [0.25, 0.3) is 5.91 Å². The van der Waals surface area contributed by atoms with E-state index in [0.29, 0.717) is 17.0 Å². The Morgan fingerprint density at radius 2 is 1.57 bits per heavy atom. The Hall–Kier alpha value is -3.60. The third-order valence-electron chi connectivity index (χ3n) is 4.32. The van der Waals surface area contributed by atoms with Crippen LogP contribution in [0.3, 0.4) is 0 Å². The van der Waals surface area contributed by atoms with Gasteiger partial charge in [-0.25, -0.2) is 0 Å². The van der Waals surface area contributed by atoms with Crippen molar-refractivity contribution < 1.29 is 14.3 Å². The first-order valence-electron chi connectivity index (χ1n) is 8.91. The Bertz CT molecular complexity index is 953. The lowest BCUT2D eigenvalue weighted by atomic mass is 10.0. The standard InChI is InChI=1S/C23H22N2O3/c1-25(16-22(26)24-20-9-6-10-21(15-20)28-2)23(27)19-13-11-18(12-14-19)17-7-4-3-5-8-17/h3-15H,16H2,1-2H3,(H,24,26). The Morgan fingerprint density at radius 1 is 0.893 bits per heavy atom. The van der Waals surface area contributed by atoms with Crippen LogP contribution in [-0.2, 0) is 4.79 Å². The van der Waals surface area contributed by atoms with Crippen LogP contribution >= 0.6 is 0 Å². The van der Waals surface area contributed by atoms with Crippen molar-refractivity contribution in [1.82, 2.24) is 4.90 Å². The minimum absolute atomic E-state index is 0.0452. The van der Waals surface area contributed by atoms with Crippen molar-refractivity contribution in [2.24, 2.45) is 0 Å². The summed E-state index contributed by atoms with van der Waals surface area (Å²) in [4.78, 5) is 26.3. The number of carbonyl (C=O) groups excluding carboxylic acids is 2. The predicted octanol–water partition coefficient (Wildman–Crippen LogP) is 4.07. The van der Waals surface area contributed by atoms with Gasteiger partial charge < -0.3 is 15.0 Å². The van der Waals surface area contributed by atoms with Crippen LogP contribution in [0.25, 0.3) is 11.1 Å².